The van der Waals surface area contributed by atoms with Crippen LogP contribution in [-0.4, -0.2) is 44.0 Å². The van der Waals surface area contributed by atoms with Crippen LogP contribution in [0.5, 0.6) is 0 Å². The normalized spacial score (nSPS) is 11.5. The Hall–Kier alpha value is -13.4. The molecule has 18 aromatic rings. The van der Waals surface area contributed by atoms with Crippen molar-refractivity contribution in [2.24, 2.45) is 0 Å². The van der Waals surface area contributed by atoms with Crippen LogP contribution in [0.4, 0.5) is 0 Å². The molecule has 0 fully saturated rings. The van der Waals surface area contributed by atoms with Crippen LogP contribution in [0.15, 0.2) is 346 Å². The van der Waals surface area contributed by atoms with Gasteiger partial charge in [-0.2, -0.15) is 0 Å². The molecule has 0 atom stereocenters. The molecule has 5 heterocycles. The molecule has 0 aliphatic carbocycles. The molecule has 9 heteroatoms. The fourth-order valence-electron chi connectivity index (χ4n) is 13.8. The standard InChI is InChI=1S/C89H57N9/c1-9-26-58(27-10-1)66-44-48-77-72(52-66)73-53-67(59-28-11-2-12-29-59)45-49-78(73)97(77)81-57-90-82(98-79-50-46-68(60-30-13-3-14-31-60)54-74(79)75-55-69(47-51-80(75)98)61-32-15-4-16-33-61)56-76(81)70-42-25-43-71(88-93-84(62-34-17-5-18-35-62)91-85(94-88)63-36-19-6-20-37-63)83(70)89-95-86(64-38-21-7-22-39-64)92-87(96-89)65-40-23-8-24-41-65/h1-57H. The maximum Gasteiger partial charge on any atom is 0.165 e. The average molecular weight is 1250 g/mol. The van der Waals surface area contributed by atoms with E-state index < -0.39 is 0 Å². The third-order valence-electron chi connectivity index (χ3n) is 18.5. The minimum Gasteiger partial charge on any atom is -0.307 e. The first-order valence-corrected chi connectivity index (χ1v) is 32.9. The number of rotatable bonds is 13. The summed E-state index contributed by atoms with van der Waals surface area (Å²) in [4.78, 5) is 38.3. The fraction of sp³-hybridized carbons (Fsp3) is 0. The van der Waals surface area contributed by atoms with Gasteiger partial charge in [0.25, 0.3) is 0 Å². The highest BCUT2D eigenvalue weighted by molar-refractivity contribution is 6.14. The SMILES string of the molecule is c1ccc(-c2ccc3c(c2)c2cc(-c4ccccc4)ccc2n3-c2cc(-c3cccc(-c4nc(-c5ccccc5)nc(-c5ccccc5)n4)c3-c3nc(-c4ccccc4)nc(-c4ccccc4)n3)c(-n3c4ccc(-c5ccccc5)cc4c4cc(-c5ccccc5)ccc43)cn2)cc1. The molecule has 0 radical (unpaired) electrons. The number of fused-ring (bicyclic) bond motifs is 6. The summed E-state index contributed by atoms with van der Waals surface area (Å²) in [5, 5.41) is 4.40. The van der Waals surface area contributed by atoms with Crippen molar-refractivity contribution in [2.75, 3.05) is 0 Å². The van der Waals surface area contributed by atoms with E-state index in [2.05, 4.69) is 234 Å². The Labute approximate surface area is 565 Å². The van der Waals surface area contributed by atoms with Gasteiger partial charge in [0.05, 0.1) is 34.0 Å². The molecule has 0 unspecified atom stereocenters. The lowest BCUT2D eigenvalue weighted by atomic mass is 9.93. The molecule has 0 aliphatic heterocycles. The molecule has 0 saturated carbocycles. The maximum absolute atomic E-state index is 5.72. The molecule has 18 rings (SSSR count). The number of aromatic nitrogens is 9. The first-order valence-electron chi connectivity index (χ1n) is 32.9. The predicted octanol–water partition coefficient (Wildman–Crippen LogP) is 22.0. The van der Waals surface area contributed by atoms with E-state index in [1.807, 2.05) is 121 Å². The van der Waals surface area contributed by atoms with Crippen molar-refractivity contribution in [3.63, 3.8) is 0 Å². The second kappa shape index (κ2) is 24.5. The van der Waals surface area contributed by atoms with E-state index in [0.29, 0.717) is 51.9 Å². The molecule has 0 bridgehead atoms. The number of nitrogens with zero attached hydrogens (tertiary/aromatic N) is 9. The quantitative estimate of drug-likeness (QED) is 0.113. The fourth-order valence-corrected chi connectivity index (χ4v) is 13.8. The zero-order valence-corrected chi connectivity index (χ0v) is 52.9. The van der Waals surface area contributed by atoms with E-state index in [4.69, 9.17) is 34.9 Å². The topological polar surface area (TPSA) is 100 Å². The molecule has 0 saturated heterocycles. The van der Waals surface area contributed by atoms with E-state index in [-0.39, 0.29) is 0 Å². The molecule has 0 aliphatic rings. The molecular weight excluding hydrogens is 1200 g/mol. The van der Waals surface area contributed by atoms with Crippen LogP contribution in [0.3, 0.4) is 0 Å². The smallest absolute Gasteiger partial charge is 0.165 e. The van der Waals surface area contributed by atoms with Crippen LogP contribution in [-0.2, 0) is 0 Å². The van der Waals surface area contributed by atoms with Gasteiger partial charge in [0.1, 0.15) is 5.82 Å². The first kappa shape index (κ1) is 57.3. The molecule has 458 valence electrons. The van der Waals surface area contributed by atoms with Crippen LogP contribution < -0.4 is 0 Å². The van der Waals surface area contributed by atoms with Crippen molar-refractivity contribution in [1.82, 2.24) is 44.0 Å². The van der Waals surface area contributed by atoms with E-state index in [1.54, 1.807) is 0 Å². The highest BCUT2D eigenvalue weighted by Gasteiger charge is 2.28. The Bertz CT molecular complexity index is 5700. The zero-order chi connectivity index (χ0) is 64.9. The maximum atomic E-state index is 5.72. The summed E-state index contributed by atoms with van der Waals surface area (Å²) in [5.41, 5.74) is 20.3. The third-order valence-corrected chi connectivity index (χ3v) is 18.5. The van der Waals surface area contributed by atoms with E-state index in [0.717, 1.165) is 127 Å². The van der Waals surface area contributed by atoms with Crippen molar-refractivity contribution in [1.29, 1.82) is 0 Å². The Balaban J connectivity index is 0.976. The molecule has 98 heavy (non-hydrogen) atoms. The Morgan fingerprint density at radius 3 is 0.816 bits per heavy atom. The molecule has 0 amide bonds. The molecule has 13 aromatic carbocycles. The lowest BCUT2D eigenvalue weighted by Gasteiger charge is -2.20. The second-order valence-electron chi connectivity index (χ2n) is 24.4. The Morgan fingerprint density at radius 2 is 0.480 bits per heavy atom. The number of benzene rings is 13. The number of hydrogen-bond donors (Lipinski definition) is 0. The van der Waals surface area contributed by atoms with Crippen LogP contribution in [0.1, 0.15) is 0 Å². The van der Waals surface area contributed by atoms with Crippen molar-refractivity contribution >= 4 is 43.6 Å². The lowest BCUT2D eigenvalue weighted by molar-refractivity contribution is 1.05. The predicted molar refractivity (Wildman–Crippen MR) is 399 cm³/mol. The summed E-state index contributed by atoms with van der Waals surface area (Å²) < 4.78 is 4.71. The largest absolute Gasteiger partial charge is 0.307 e. The highest BCUT2D eigenvalue weighted by Crippen LogP contribution is 2.46. The van der Waals surface area contributed by atoms with Crippen molar-refractivity contribution in [3.05, 3.63) is 346 Å². The summed E-state index contributed by atoms with van der Waals surface area (Å²) in [6.45, 7) is 0. The van der Waals surface area contributed by atoms with Crippen molar-refractivity contribution in [2.45, 2.75) is 0 Å². The monoisotopic (exact) mass is 1250 g/mol. The highest BCUT2D eigenvalue weighted by atomic mass is 15.1. The van der Waals surface area contributed by atoms with Gasteiger partial charge in [-0.1, -0.05) is 285 Å². The van der Waals surface area contributed by atoms with E-state index >= 15 is 0 Å². The summed E-state index contributed by atoms with van der Waals surface area (Å²) in [5.74, 6) is 3.65. The molecule has 9 nitrogen and oxygen atoms in total. The van der Waals surface area contributed by atoms with Crippen LogP contribution in [0.25, 0.3) is 179 Å². The molecular formula is C89H57N9. The van der Waals surface area contributed by atoms with Crippen LogP contribution in [0, 0.1) is 0 Å². The van der Waals surface area contributed by atoms with Gasteiger partial charge in [-0.3, -0.25) is 4.57 Å². The van der Waals surface area contributed by atoms with Gasteiger partial charge in [-0.05, 0) is 105 Å². The summed E-state index contributed by atoms with van der Waals surface area (Å²) in [6.07, 6.45) is 2.06. The van der Waals surface area contributed by atoms with Gasteiger partial charge in [0.15, 0.2) is 34.9 Å². The first-order chi connectivity index (χ1) is 48.6. The van der Waals surface area contributed by atoms with Gasteiger partial charge < -0.3 is 4.57 Å². The Kier molecular flexibility index (Phi) is 14.3. The van der Waals surface area contributed by atoms with Gasteiger partial charge in [-0.25, -0.2) is 34.9 Å². The van der Waals surface area contributed by atoms with E-state index in [9.17, 15) is 0 Å². The summed E-state index contributed by atoms with van der Waals surface area (Å²) in [6, 6.07) is 119. The molecule has 0 N–H and O–H groups in total. The van der Waals surface area contributed by atoms with Crippen molar-refractivity contribution < 1.29 is 0 Å². The number of hydrogen-bond acceptors (Lipinski definition) is 7. The van der Waals surface area contributed by atoms with Gasteiger partial charge >= 0.3 is 0 Å². The zero-order valence-electron chi connectivity index (χ0n) is 52.9. The van der Waals surface area contributed by atoms with Gasteiger partial charge in [0.2, 0.25) is 0 Å². The summed E-state index contributed by atoms with van der Waals surface area (Å²) in [7, 11) is 0. The molecule has 5 aromatic heterocycles. The lowest BCUT2D eigenvalue weighted by Crippen LogP contribution is -2.07. The number of pyridine rings is 1. The average Bonchev–Trinajstić information content (AvgIpc) is 1.53. The molecule has 0 spiro atoms. The third kappa shape index (κ3) is 10.4. The van der Waals surface area contributed by atoms with Gasteiger partial charge in [0, 0.05) is 60.5 Å². The second-order valence-corrected chi connectivity index (χ2v) is 24.4. The minimum atomic E-state index is 0.427. The minimum absolute atomic E-state index is 0.427. The van der Waals surface area contributed by atoms with Gasteiger partial charge in [-0.15, -0.1) is 0 Å². The van der Waals surface area contributed by atoms with Crippen LogP contribution >= 0.6 is 0 Å². The van der Waals surface area contributed by atoms with Crippen LogP contribution in [0.2, 0.25) is 0 Å². The van der Waals surface area contributed by atoms with Crippen molar-refractivity contribution in [3.8, 4) is 135 Å². The summed E-state index contributed by atoms with van der Waals surface area (Å²) >= 11 is 0. The van der Waals surface area contributed by atoms with E-state index in [1.165, 1.54) is 0 Å². The Morgan fingerprint density at radius 1 is 0.194 bits per heavy atom.